The minimum atomic E-state index is -5.38. The maximum absolute atomic E-state index is 15.9. The first-order valence-corrected chi connectivity index (χ1v) is 20.3. The van der Waals surface area contributed by atoms with Crippen molar-refractivity contribution in [2.45, 2.75) is 64.7 Å². The van der Waals surface area contributed by atoms with Gasteiger partial charge >= 0.3 is 12.4 Å². The molecule has 3 nitrogen and oxygen atoms in total. The predicted molar refractivity (Wildman–Crippen MR) is 238 cm³/mol. The van der Waals surface area contributed by atoms with Crippen molar-refractivity contribution >= 4 is 43.6 Å². The van der Waals surface area contributed by atoms with Gasteiger partial charge in [0.25, 0.3) is 0 Å². The van der Waals surface area contributed by atoms with E-state index in [-0.39, 0.29) is 10.8 Å². The average Bonchev–Trinajstić information content (AvgIpc) is 3.73. The van der Waals surface area contributed by atoms with Crippen molar-refractivity contribution in [2.75, 3.05) is 0 Å². The molecule has 0 saturated carbocycles. The number of hydrogen-bond donors (Lipinski definition) is 0. The Hall–Kier alpha value is -6.79. The van der Waals surface area contributed by atoms with Gasteiger partial charge in [-0.15, -0.1) is 0 Å². The van der Waals surface area contributed by atoms with Crippen molar-refractivity contribution in [2.24, 2.45) is 0 Å². The van der Waals surface area contributed by atoms with Gasteiger partial charge in [-0.1, -0.05) is 139 Å². The van der Waals surface area contributed by atoms with Gasteiger partial charge in [-0.25, -0.2) is 0 Å². The number of rotatable bonds is 4. The molecule has 0 spiro atoms. The summed E-state index contributed by atoms with van der Waals surface area (Å²) in [6.45, 7) is 12.2. The minimum absolute atomic E-state index is 0.332. The summed E-state index contributed by atoms with van der Waals surface area (Å²) in [5.74, 6) is 0. The molecule has 7 aromatic carbocycles. The molecule has 0 bridgehead atoms. The van der Waals surface area contributed by atoms with Crippen molar-refractivity contribution in [3.63, 3.8) is 0 Å². The van der Waals surface area contributed by atoms with Gasteiger partial charge in [0.05, 0.1) is 50.1 Å². The largest absolute Gasteiger partial charge is 0.419 e. The van der Waals surface area contributed by atoms with Crippen molar-refractivity contribution < 1.29 is 26.3 Å². The Morgan fingerprint density at radius 1 is 0.403 bits per heavy atom. The van der Waals surface area contributed by atoms with Crippen LogP contribution in [0.4, 0.5) is 26.3 Å². The molecule has 0 fully saturated rings. The van der Waals surface area contributed by atoms with Crippen LogP contribution in [0.15, 0.2) is 140 Å². The molecule has 0 saturated heterocycles. The van der Waals surface area contributed by atoms with E-state index in [0.717, 1.165) is 28.3 Å². The van der Waals surface area contributed by atoms with Crippen LogP contribution in [-0.2, 0) is 23.2 Å². The quantitative estimate of drug-likeness (QED) is 0.163. The molecular weight excluding hydrogens is 793 g/mol. The summed E-state index contributed by atoms with van der Waals surface area (Å²) in [6.07, 6.45) is -10.8. The number of halogens is 6. The number of alkyl halides is 6. The van der Waals surface area contributed by atoms with Gasteiger partial charge in [0.1, 0.15) is 6.07 Å². The summed E-state index contributed by atoms with van der Waals surface area (Å²) >= 11 is 0. The molecule has 2 heterocycles. The second-order valence-electron chi connectivity index (χ2n) is 18.0. The van der Waals surface area contributed by atoms with E-state index in [1.165, 1.54) is 15.2 Å². The van der Waals surface area contributed by atoms with E-state index in [2.05, 4.69) is 0 Å². The molecule has 0 N–H and O–H groups in total. The summed E-state index contributed by atoms with van der Waals surface area (Å²) in [5, 5.41) is 13.2. The summed E-state index contributed by atoms with van der Waals surface area (Å²) in [7, 11) is 0. The maximum Gasteiger partial charge on any atom is 0.419 e. The summed E-state index contributed by atoms with van der Waals surface area (Å²) in [5.41, 5.74) is -0.445. The molecule has 0 aliphatic rings. The number of fused-ring (bicyclic) bond motifs is 6. The van der Waals surface area contributed by atoms with Gasteiger partial charge in [0, 0.05) is 21.5 Å². The standard InChI is InChI=1S/C53H41F6N3/c1-50(2,3)35-19-23-42-39(27-35)37-21-17-33(31-13-9-7-10-14-31)25-44(37)61(42)46-29-47(49(53(57,58)59)41(30-60)48(46)52(54,55)56)62-43-24-20-36(51(4,5)6)28-40(43)38-22-18-34(26-45(38)62)32-15-11-8-12-16-32/h7-29H,1-6H3. The van der Waals surface area contributed by atoms with Gasteiger partial charge in [0.15, 0.2) is 0 Å². The molecule has 0 atom stereocenters. The van der Waals surface area contributed by atoms with Crippen LogP contribution in [-0.4, -0.2) is 9.13 Å². The highest BCUT2D eigenvalue weighted by molar-refractivity contribution is 6.12. The Labute approximate surface area is 355 Å². The van der Waals surface area contributed by atoms with E-state index in [4.69, 9.17) is 0 Å². The maximum atomic E-state index is 15.9. The fourth-order valence-electron chi connectivity index (χ4n) is 8.81. The highest BCUT2D eigenvalue weighted by atomic mass is 19.4. The molecule has 310 valence electrons. The van der Waals surface area contributed by atoms with Gasteiger partial charge in [-0.3, -0.25) is 0 Å². The lowest BCUT2D eigenvalue weighted by atomic mass is 9.86. The third kappa shape index (κ3) is 6.69. The van der Waals surface area contributed by atoms with Crippen LogP contribution in [0, 0.1) is 11.3 Å². The van der Waals surface area contributed by atoms with E-state index >= 15 is 26.3 Å². The SMILES string of the molecule is CC(C)(C)c1ccc2c(c1)c1ccc(-c3ccccc3)cc1n2-c1cc(-n2c3ccc(C(C)(C)C)cc3c3ccc(-c4ccccc4)cc32)c(C(F)(F)F)c(C#N)c1C(F)(F)F. The Balaban J connectivity index is 1.49. The van der Waals surface area contributed by atoms with E-state index < -0.39 is 40.4 Å². The summed E-state index contributed by atoms with van der Waals surface area (Å²) in [6, 6.07) is 43.1. The zero-order valence-corrected chi connectivity index (χ0v) is 34.9. The third-order valence-electron chi connectivity index (χ3n) is 11.9. The first-order chi connectivity index (χ1) is 29.3. The third-order valence-corrected chi connectivity index (χ3v) is 11.9. The molecule has 0 aliphatic carbocycles. The monoisotopic (exact) mass is 833 g/mol. The zero-order valence-electron chi connectivity index (χ0n) is 34.9. The molecule has 2 aromatic heterocycles. The number of benzene rings is 7. The lowest BCUT2D eigenvalue weighted by Gasteiger charge is -2.25. The molecule has 0 aliphatic heterocycles. The number of nitriles is 1. The molecule has 0 amide bonds. The fraction of sp³-hybridized carbons (Fsp3) is 0.189. The van der Waals surface area contributed by atoms with E-state index in [1.54, 1.807) is 24.3 Å². The summed E-state index contributed by atoms with van der Waals surface area (Å²) in [4.78, 5) is 0. The van der Waals surface area contributed by atoms with Crippen LogP contribution in [0.25, 0.3) is 77.2 Å². The van der Waals surface area contributed by atoms with E-state index in [0.29, 0.717) is 54.7 Å². The Morgan fingerprint density at radius 2 is 0.790 bits per heavy atom. The second kappa shape index (κ2) is 14.1. The van der Waals surface area contributed by atoms with Crippen molar-refractivity contribution in [1.82, 2.24) is 9.13 Å². The number of hydrogen-bond acceptors (Lipinski definition) is 1. The number of nitrogens with zero attached hydrogens (tertiary/aromatic N) is 3. The smallest absolute Gasteiger partial charge is 0.308 e. The molecule has 0 radical (unpaired) electrons. The second-order valence-corrected chi connectivity index (χ2v) is 18.0. The Kier molecular flexibility index (Phi) is 9.26. The Bertz CT molecular complexity index is 3060. The zero-order chi connectivity index (χ0) is 44.1. The topological polar surface area (TPSA) is 33.6 Å². The van der Waals surface area contributed by atoms with Crippen LogP contribution >= 0.6 is 0 Å². The van der Waals surface area contributed by atoms with Crippen LogP contribution in [0.1, 0.15) is 69.4 Å². The average molecular weight is 834 g/mol. The molecule has 62 heavy (non-hydrogen) atoms. The lowest BCUT2D eigenvalue weighted by molar-refractivity contribution is -0.143. The van der Waals surface area contributed by atoms with E-state index in [1.807, 2.05) is 151 Å². The van der Waals surface area contributed by atoms with Gasteiger partial charge < -0.3 is 9.13 Å². The van der Waals surface area contributed by atoms with Crippen LogP contribution in [0.2, 0.25) is 0 Å². The molecule has 9 rings (SSSR count). The minimum Gasteiger partial charge on any atom is -0.308 e. The lowest BCUT2D eigenvalue weighted by Crippen LogP contribution is -2.21. The van der Waals surface area contributed by atoms with Crippen molar-refractivity contribution in [3.05, 3.63) is 167 Å². The van der Waals surface area contributed by atoms with Gasteiger partial charge in [0.2, 0.25) is 0 Å². The van der Waals surface area contributed by atoms with Crippen LogP contribution < -0.4 is 0 Å². The first kappa shape index (κ1) is 40.6. The van der Waals surface area contributed by atoms with Crippen molar-refractivity contribution in [3.8, 4) is 39.7 Å². The molecular formula is C53H41F6N3. The number of aromatic nitrogens is 2. The van der Waals surface area contributed by atoms with Gasteiger partial charge in [-0.05, 0) is 86.7 Å². The summed E-state index contributed by atoms with van der Waals surface area (Å²) < 4.78 is 97.9. The highest BCUT2D eigenvalue weighted by Crippen LogP contribution is 2.49. The first-order valence-electron chi connectivity index (χ1n) is 20.3. The highest BCUT2D eigenvalue weighted by Gasteiger charge is 2.46. The Morgan fingerprint density at radius 3 is 1.13 bits per heavy atom. The van der Waals surface area contributed by atoms with E-state index in [9.17, 15) is 5.26 Å². The van der Waals surface area contributed by atoms with Crippen LogP contribution in [0.5, 0.6) is 0 Å². The fourth-order valence-corrected chi connectivity index (χ4v) is 8.81. The predicted octanol–water partition coefficient (Wildman–Crippen LogP) is 15.7. The van der Waals surface area contributed by atoms with Gasteiger partial charge in [-0.2, -0.15) is 31.6 Å². The molecule has 9 aromatic rings. The normalized spacial score (nSPS) is 12.8. The molecule has 0 unspecified atom stereocenters. The molecule has 9 heteroatoms. The van der Waals surface area contributed by atoms with Crippen molar-refractivity contribution in [1.29, 1.82) is 5.26 Å². The van der Waals surface area contributed by atoms with Crippen LogP contribution in [0.3, 0.4) is 0 Å².